The van der Waals surface area contributed by atoms with Gasteiger partial charge in [-0.3, -0.25) is 12.2 Å². The third-order valence-corrected chi connectivity index (χ3v) is 0.911. The van der Waals surface area contributed by atoms with E-state index in [-0.39, 0.29) is 40.0 Å². The van der Waals surface area contributed by atoms with Gasteiger partial charge < -0.3 is 1.43 Å². The molecule has 0 aliphatic rings. The number of halogens is 1. The molecule has 0 bridgehead atoms. The van der Waals surface area contributed by atoms with Crippen molar-refractivity contribution in [3.63, 3.8) is 0 Å². The van der Waals surface area contributed by atoms with Crippen molar-refractivity contribution < 1.29 is 27.6 Å². The monoisotopic (exact) mass is 289 g/mol. The first-order valence-corrected chi connectivity index (χ1v) is 4.07. The molecule has 0 aromatic heterocycles. The molecule has 2 heteroatoms. The van der Waals surface area contributed by atoms with Crippen LogP contribution in [-0.4, -0.2) is 0 Å². The van der Waals surface area contributed by atoms with Crippen molar-refractivity contribution in [2.45, 2.75) is 27.7 Å². The molecule has 0 rings (SSSR count). The predicted octanol–water partition coefficient (Wildman–Crippen LogP) is 4.42. The Balaban J connectivity index is -0.0000000370. The molecule has 0 nitrogen and oxygen atoms in total. The molecule has 80 valence electrons. The summed E-state index contributed by atoms with van der Waals surface area (Å²) in [7, 11) is 0. The Kier molecular flexibility index (Phi) is 49.6. The van der Waals surface area contributed by atoms with Crippen LogP contribution in [0.5, 0.6) is 0 Å². The van der Waals surface area contributed by atoms with Crippen LogP contribution in [-0.2, 0) is 26.2 Å². The Morgan fingerprint density at radius 1 is 0.857 bits per heavy atom. The molecule has 0 heterocycles. The van der Waals surface area contributed by atoms with Gasteiger partial charge in [0.1, 0.15) is 0 Å². The van der Waals surface area contributed by atoms with Gasteiger partial charge in [-0.25, -0.2) is 24.3 Å². The maximum atomic E-state index is 2.86. The summed E-state index contributed by atoms with van der Waals surface area (Å²) in [6, 6.07) is 0. The van der Waals surface area contributed by atoms with Gasteiger partial charge in [-0.15, -0.1) is 26.3 Å². The maximum absolute atomic E-state index is 2.86. The first kappa shape index (κ1) is 23.7. The summed E-state index contributed by atoms with van der Waals surface area (Å²) in [5.41, 5.74) is 0. The number of allylic oxidation sites excluding steroid dienone is 8. The van der Waals surface area contributed by atoms with Crippen LogP contribution in [0.3, 0.4) is 0 Å². The SMILES string of the molecule is C[C-]=CC=CC.C[C-]=CC=CC.Cl.[H-].[Zr+2]. The largest absolute Gasteiger partial charge is 2.00 e. The minimum atomic E-state index is 0. The Hall–Kier alpha value is 0.133. The Morgan fingerprint density at radius 2 is 1.14 bits per heavy atom. The first-order chi connectivity index (χ1) is 5.83. The van der Waals surface area contributed by atoms with Crippen LogP contribution < -0.4 is 0 Å². The van der Waals surface area contributed by atoms with E-state index in [4.69, 9.17) is 0 Å². The second-order valence-electron chi connectivity index (χ2n) is 1.96. The molecule has 0 aromatic rings. The van der Waals surface area contributed by atoms with E-state index in [0.29, 0.717) is 0 Å². The van der Waals surface area contributed by atoms with Crippen molar-refractivity contribution in [1.82, 2.24) is 0 Å². The average molecular weight is 291 g/mol. The molecule has 0 N–H and O–H groups in total. The summed E-state index contributed by atoms with van der Waals surface area (Å²) in [5.74, 6) is 0. The predicted molar refractivity (Wildman–Crippen MR) is 65.0 cm³/mol. The van der Waals surface area contributed by atoms with Crippen molar-refractivity contribution >= 4 is 12.4 Å². The van der Waals surface area contributed by atoms with Crippen LogP contribution in [0.1, 0.15) is 29.1 Å². The van der Waals surface area contributed by atoms with Crippen molar-refractivity contribution in [2.24, 2.45) is 0 Å². The van der Waals surface area contributed by atoms with Gasteiger partial charge in [0, 0.05) is 0 Å². The molecule has 0 atom stereocenters. The number of hydrogen-bond donors (Lipinski definition) is 0. The molecule has 0 aromatic carbocycles. The van der Waals surface area contributed by atoms with Gasteiger partial charge in [0.2, 0.25) is 0 Å². The van der Waals surface area contributed by atoms with Crippen LogP contribution in [0, 0.1) is 12.2 Å². The zero-order chi connectivity index (χ0) is 9.66. The number of hydrogen-bond acceptors (Lipinski definition) is 0. The Labute approximate surface area is 116 Å². The summed E-state index contributed by atoms with van der Waals surface area (Å²) >= 11 is 0. The topological polar surface area (TPSA) is 0 Å². The van der Waals surface area contributed by atoms with E-state index in [1.165, 1.54) is 0 Å². The quantitative estimate of drug-likeness (QED) is 0.522. The molecular formula is C12H20ClZr-. The van der Waals surface area contributed by atoms with Gasteiger partial charge in [0.25, 0.3) is 0 Å². The van der Waals surface area contributed by atoms with E-state index >= 15 is 0 Å². The molecular weight excluding hydrogens is 271 g/mol. The summed E-state index contributed by atoms with van der Waals surface area (Å²) in [4.78, 5) is 0. The fourth-order valence-electron chi connectivity index (χ4n) is 0.385. The van der Waals surface area contributed by atoms with E-state index < -0.39 is 0 Å². The molecule has 0 aliphatic heterocycles. The van der Waals surface area contributed by atoms with E-state index in [2.05, 4.69) is 12.2 Å². The van der Waals surface area contributed by atoms with E-state index in [1.807, 2.05) is 64.2 Å². The normalized spacial score (nSPS) is 10.0. The van der Waals surface area contributed by atoms with Gasteiger partial charge in [-0.1, -0.05) is 13.8 Å². The van der Waals surface area contributed by atoms with E-state index in [1.54, 1.807) is 0 Å². The summed E-state index contributed by atoms with van der Waals surface area (Å²) in [6.45, 7) is 7.71. The number of rotatable bonds is 2. The van der Waals surface area contributed by atoms with Crippen LogP contribution in [0.2, 0.25) is 0 Å². The Morgan fingerprint density at radius 3 is 1.21 bits per heavy atom. The zero-order valence-electron chi connectivity index (χ0n) is 10.4. The summed E-state index contributed by atoms with van der Waals surface area (Å²) in [5, 5.41) is 0. The van der Waals surface area contributed by atoms with Crippen LogP contribution >= 0.6 is 12.4 Å². The van der Waals surface area contributed by atoms with Gasteiger partial charge in [0.05, 0.1) is 0 Å². The summed E-state index contributed by atoms with van der Waals surface area (Å²) < 4.78 is 0. The molecule has 0 aliphatic carbocycles. The van der Waals surface area contributed by atoms with Crippen molar-refractivity contribution in [3.8, 4) is 0 Å². The second-order valence-corrected chi connectivity index (χ2v) is 1.96. The second kappa shape index (κ2) is 29.2. The fourth-order valence-corrected chi connectivity index (χ4v) is 0.385. The van der Waals surface area contributed by atoms with Gasteiger partial charge >= 0.3 is 26.2 Å². The standard InChI is InChI=1S/2C6H9.ClH.Zr.H/c2*1-3-5-6-4-2;;;/h2*3,5-6H,1-2H3;1H;;/q2*-1;;+2;-1. The van der Waals surface area contributed by atoms with Gasteiger partial charge in [-0.05, 0) is 0 Å². The van der Waals surface area contributed by atoms with E-state index in [9.17, 15) is 0 Å². The van der Waals surface area contributed by atoms with Crippen molar-refractivity contribution in [1.29, 1.82) is 0 Å². The maximum Gasteiger partial charge on any atom is 2.00 e. The molecule has 0 spiro atoms. The smallest absolute Gasteiger partial charge is 1.00 e. The van der Waals surface area contributed by atoms with Gasteiger partial charge in [0.15, 0.2) is 0 Å². The molecule has 0 amide bonds. The fraction of sp³-hybridized carbons (Fsp3) is 0.333. The minimum absolute atomic E-state index is 0. The molecule has 0 saturated carbocycles. The third-order valence-electron chi connectivity index (χ3n) is 0.911. The van der Waals surface area contributed by atoms with Gasteiger partial charge in [-0.2, -0.15) is 12.2 Å². The molecule has 0 radical (unpaired) electrons. The first-order valence-electron chi connectivity index (χ1n) is 4.07. The van der Waals surface area contributed by atoms with Crippen LogP contribution in [0.4, 0.5) is 0 Å². The molecule has 0 unspecified atom stereocenters. The third kappa shape index (κ3) is 40.0. The van der Waals surface area contributed by atoms with Crippen molar-refractivity contribution in [2.75, 3.05) is 0 Å². The summed E-state index contributed by atoms with van der Waals surface area (Å²) in [6.07, 6.45) is 17.3. The average Bonchev–Trinajstić information content (AvgIpc) is 2.12. The van der Waals surface area contributed by atoms with Crippen LogP contribution in [0.15, 0.2) is 36.5 Å². The minimum Gasteiger partial charge on any atom is -1.00 e. The molecule has 0 saturated heterocycles. The van der Waals surface area contributed by atoms with E-state index in [0.717, 1.165) is 0 Å². The zero-order valence-corrected chi connectivity index (χ0v) is 12.6. The van der Waals surface area contributed by atoms with Crippen molar-refractivity contribution in [3.05, 3.63) is 48.6 Å². The Bertz CT molecular complexity index is 132. The molecule has 14 heavy (non-hydrogen) atoms. The van der Waals surface area contributed by atoms with Crippen LogP contribution in [0.25, 0.3) is 0 Å². The molecule has 0 fully saturated rings.